The van der Waals surface area contributed by atoms with Crippen LogP contribution in [0.2, 0.25) is 0 Å². The SMILES string of the molecule is CCCCc1cccc(O[SiH2]c2ccc([SiH2]Oc3cccc(CCCC)c3CCCC)cc2)c1CCCC. The van der Waals surface area contributed by atoms with Crippen LogP contribution in [-0.2, 0) is 25.7 Å². The summed E-state index contributed by atoms with van der Waals surface area (Å²) in [7, 11) is -1.65. The largest absolute Gasteiger partial charge is 0.545 e. The summed E-state index contributed by atoms with van der Waals surface area (Å²) >= 11 is 0. The quantitative estimate of drug-likeness (QED) is 0.167. The zero-order chi connectivity index (χ0) is 27.0. The summed E-state index contributed by atoms with van der Waals surface area (Å²) in [5.41, 5.74) is 5.88. The van der Waals surface area contributed by atoms with Crippen LogP contribution in [-0.4, -0.2) is 19.5 Å². The lowest BCUT2D eigenvalue weighted by molar-refractivity contribution is 0.586. The third kappa shape index (κ3) is 9.46. The molecule has 38 heavy (non-hydrogen) atoms. The lowest BCUT2D eigenvalue weighted by Gasteiger charge is -2.17. The predicted octanol–water partition coefficient (Wildman–Crippen LogP) is 6.63. The number of aryl methyl sites for hydroxylation is 2. The Bertz CT molecular complexity index is 992. The van der Waals surface area contributed by atoms with Gasteiger partial charge in [0.05, 0.1) is 0 Å². The molecule has 0 unspecified atom stereocenters. The molecule has 0 atom stereocenters. The van der Waals surface area contributed by atoms with Crippen LogP contribution in [0.15, 0.2) is 60.7 Å². The Morgan fingerprint density at radius 2 is 0.842 bits per heavy atom. The number of hydrogen-bond acceptors (Lipinski definition) is 2. The fourth-order valence-corrected chi connectivity index (χ4v) is 7.07. The fraction of sp³-hybridized carbons (Fsp3) is 0.471. The van der Waals surface area contributed by atoms with Crippen molar-refractivity contribution in [3.63, 3.8) is 0 Å². The lowest BCUT2D eigenvalue weighted by Crippen LogP contribution is -2.26. The van der Waals surface area contributed by atoms with E-state index in [1.807, 2.05) is 0 Å². The lowest BCUT2D eigenvalue weighted by atomic mass is 9.97. The Kier molecular flexibility index (Phi) is 13.8. The van der Waals surface area contributed by atoms with Crippen LogP contribution in [0.5, 0.6) is 11.5 Å². The van der Waals surface area contributed by atoms with Gasteiger partial charge in [-0.05, 0) is 96.1 Å². The molecule has 0 amide bonds. The molecule has 2 nitrogen and oxygen atoms in total. The summed E-state index contributed by atoms with van der Waals surface area (Å²) < 4.78 is 13.1. The first kappa shape index (κ1) is 30.2. The highest BCUT2D eigenvalue weighted by molar-refractivity contribution is 6.50. The first-order chi connectivity index (χ1) is 18.7. The molecule has 206 valence electrons. The summed E-state index contributed by atoms with van der Waals surface area (Å²) in [6, 6.07) is 22.5. The van der Waals surface area contributed by atoms with Crippen molar-refractivity contribution in [2.45, 2.75) is 105 Å². The average molecular weight is 547 g/mol. The van der Waals surface area contributed by atoms with Crippen molar-refractivity contribution < 1.29 is 8.85 Å². The van der Waals surface area contributed by atoms with E-state index < -0.39 is 19.5 Å². The van der Waals surface area contributed by atoms with E-state index in [1.165, 1.54) is 84.0 Å². The minimum atomic E-state index is -0.825. The molecule has 4 heteroatoms. The van der Waals surface area contributed by atoms with Crippen molar-refractivity contribution in [3.05, 3.63) is 82.9 Å². The third-order valence-corrected chi connectivity index (χ3v) is 9.95. The van der Waals surface area contributed by atoms with Crippen molar-refractivity contribution in [2.24, 2.45) is 0 Å². The van der Waals surface area contributed by atoms with E-state index in [0.29, 0.717) is 0 Å². The van der Waals surface area contributed by atoms with Gasteiger partial charge >= 0.3 is 0 Å². The maximum atomic E-state index is 6.53. The van der Waals surface area contributed by atoms with Crippen molar-refractivity contribution in [3.8, 4) is 11.5 Å². The van der Waals surface area contributed by atoms with Crippen LogP contribution in [0.3, 0.4) is 0 Å². The van der Waals surface area contributed by atoms with Gasteiger partial charge in [0.1, 0.15) is 11.5 Å². The maximum Gasteiger partial charge on any atom is 0.251 e. The van der Waals surface area contributed by atoms with Crippen LogP contribution < -0.4 is 19.2 Å². The van der Waals surface area contributed by atoms with Gasteiger partial charge in [-0.15, -0.1) is 0 Å². The van der Waals surface area contributed by atoms with Crippen molar-refractivity contribution in [2.75, 3.05) is 0 Å². The summed E-state index contributed by atoms with van der Waals surface area (Å²) in [6.07, 6.45) is 14.4. The van der Waals surface area contributed by atoms with Crippen molar-refractivity contribution >= 4 is 29.9 Å². The molecular weight excluding hydrogens is 497 g/mol. The van der Waals surface area contributed by atoms with Crippen LogP contribution in [0.4, 0.5) is 0 Å². The van der Waals surface area contributed by atoms with Crippen LogP contribution in [0, 0.1) is 0 Å². The molecule has 0 spiro atoms. The second kappa shape index (κ2) is 17.3. The van der Waals surface area contributed by atoms with E-state index in [-0.39, 0.29) is 0 Å². The molecule has 0 N–H and O–H groups in total. The molecule has 0 heterocycles. The van der Waals surface area contributed by atoms with Gasteiger partial charge in [0.2, 0.25) is 0 Å². The molecule has 0 aliphatic rings. The zero-order valence-electron chi connectivity index (χ0n) is 24.5. The molecule has 3 aromatic rings. The highest BCUT2D eigenvalue weighted by Crippen LogP contribution is 2.27. The van der Waals surface area contributed by atoms with E-state index in [9.17, 15) is 0 Å². The number of rotatable bonds is 18. The Hall–Kier alpha value is -2.31. The van der Waals surface area contributed by atoms with Gasteiger partial charge in [0.15, 0.2) is 0 Å². The van der Waals surface area contributed by atoms with E-state index in [0.717, 1.165) is 37.2 Å². The van der Waals surface area contributed by atoms with Gasteiger partial charge in [0, 0.05) is 0 Å². The molecule has 0 aliphatic carbocycles. The van der Waals surface area contributed by atoms with Crippen LogP contribution in [0.25, 0.3) is 0 Å². The standard InChI is InChI=1S/C34H50O2Si2/c1-5-9-15-27-17-13-21-33(31(27)19-11-7-3)35-37-29-23-25-30(26-24-29)38-36-34-22-14-18-28(16-10-6-2)32(34)20-12-8-4/h13-14,17-18,21-26H,5-12,15-16,19-20,37-38H2,1-4H3. The molecule has 0 saturated carbocycles. The Labute approximate surface area is 237 Å². The second-order valence-corrected chi connectivity index (χ2v) is 13.4. The zero-order valence-corrected chi connectivity index (χ0v) is 27.3. The fourth-order valence-electron chi connectivity index (χ4n) is 5.02. The van der Waals surface area contributed by atoms with E-state index >= 15 is 0 Å². The number of hydrogen-bond donors (Lipinski definition) is 0. The van der Waals surface area contributed by atoms with Crippen molar-refractivity contribution in [1.82, 2.24) is 0 Å². The monoisotopic (exact) mass is 546 g/mol. The van der Waals surface area contributed by atoms with Crippen LogP contribution in [0.1, 0.15) is 101 Å². The first-order valence-electron chi connectivity index (χ1n) is 15.2. The molecule has 3 rings (SSSR count). The molecule has 0 aliphatic heterocycles. The summed E-state index contributed by atoms with van der Waals surface area (Å²) in [6.45, 7) is 9.08. The Morgan fingerprint density at radius 3 is 1.21 bits per heavy atom. The third-order valence-electron chi connectivity index (χ3n) is 7.43. The average Bonchev–Trinajstić information content (AvgIpc) is 2.95. The molecular formula is C34H50O2Si2. The highest BCUT2D eigenvalue weighted by Gasteiger charge is 2.11. The van der Waals surface area contributed by atoms with E-state index in [1.54, 1.807) is 0 Å². The van der Waals surface area contributed by atoms with Crippen molar-refractivity contribution in [1.29, 1.82) is 0 Å². The minimum absolute atomic E-state index is 0.825. The van der Waals surface area contributed by atoms with Gasteiger partial charge in [-0.2, -0.15) is 0 Å². The number of unbranched alkanes of at least 4 members (excludes halogenated alkanes) is 4. The highest BCUT2D eigenvalue weighted by atomic mass is 28.2. The van der Waals surface area contributed by atoms with Crippen LogP contribution >= 0.6 is 0 Å². The Balaban J connectivity index is 1.63. The second-order valence-electron chi connectivity index (χ2n) is 10.6. The molecule has 0 radical (unpaired) electrons. The molecule has 3 aromatic carbocycles. The first-order valence-corrected chi connectivity index (χ1v) is 17.8. The summed E-state index contributed by atoms with van der Waals surface area (Å²) in [4.78, 5) is 0. The van der Waals surface area contributed by atoms with E-state index in [4.69, 9.17) is 8.85 Å². The predicted molar refractivity (Wildman–Crippen MR) is 171 cm³/mol. The summed E-state index contributed by atoms with van der Waals surface area (Å²) in [5.74, 6) is 2.26. The maximum absolute atomic E-state index is 6.53. The minimum Gasteiger partial charge on any atom is -0.545 e. The molecule has 0 fully saturated rings. The number of benzene rings is 3. The molecule has 0 saturated heterocycles. The van der Waals surface area contributed by atoms with E-state index in [2.05, 4.69) is 88.4 Å². The molecule has 0 bridgehead atoms. The van der Waals surface area contributed by atoms with Gasteiger partial charge in [0.25, 0.3) is 19.5 Å². The van der Waals surface area contributed by atoms with Gasteiger partial charge in [-0.3, -0.25) is 0 Å². The molecule has 0 aromatic heterocycles. The van der Waals surface area contributed by atoms with Gasteiger partial charge in [-0.1, -0.05) is 102 Å². The van der Waals surface area contributed by atoms with Gasteiger partial charge < -0.3 is 8.85 Å². The topological polar surface area (TPSA) is 18.5 Å². The normalized spacial score (nSPS) is 11.7. The smallest absolute Gasteiger partial charge is 0.251 e. The summed E-state index contributed by atoms with van der Waals surface area (Å²) in [5, 5.41) is 2.71. The van der Waals surface area contributed by atoms with Gasteiger partial charge in [-0.25, -0.2) is 0 Å². The Morgan fingerprint density at radius 1 is 0.474 bits per heavy atom.